The lowest BCUT2D eigenvalue weighted by molar-refractivity contribution is -0.142. The van der Waals surface area contributed by atoms with Gasteiger partial charge in [0.2, 0.25) is 17.7 Å². The Bertz CT molecular complexity index is 1030. The normalized spacial score (nSPS) is 14.2. The predicted molar refractivity (Wildman–Crippen MR) is 127 cm³/mol. The lowest BCUT2D eigenvalue weighted by Crippen LogP contribution is -2.58. The number of hydrogen-bond donors (Lipinski definition) is 9. The Morgan fingerprint density at radius 2 is 1.39 bits per heavy atom. The average Bonchev–Trinajstić information content (AvgIpc) is 3.53. The number of nitrogens with zero attached hydrogens (tertiary/aromatic N) is 2. The highest BCUT2D eigenvalue weighted by molar-refractivity contribution is 7.80. The number of carbonyl (C=O) groups is 5. The molecule has 0 aromatic carbocycles. The maximum atomic E-state index is 12.9. The van der Waals surface area contributed by atoms with Crippen LogP contribution in [0, 0.1) is 0 Å². The molecule has 0 fully saturated rings. The maximum absolute atomic E-state index is 12.9. The number of carboxylic acids is 2. The predicted octanol–water partition coefficient (Wildman–Crippen LogP) is -2.42. The molecule has 0 bridgehead atoms. The second-order valence-electron chi connectivity index (χ2n) is 7.81. The summed E-state index contributed by atoms with van der Waals surface area (Å²) in [6, 6.07) is -4.97. The van der Waals surface area contributed by atoms with Gasteiger partial charge in [-0.2, -0.15) is 12.6 Å². The average molecular weight is 525 g/mol. The van der Waals surface area contributed by atoms with E-state index in [1.54, 1.807) is 0 Å². The quantitative estimate of drug-likeness (QED) is 0.112. The van der Waals surface area contributed by atoms with Crippen molar-refractivity contribution in [3.05, 3.63) is 36.4 Å². The van der Waals surface area contributed by atoms with E-state index in [4.69, 9.17) is 10.8 Å². The van der Waals surface area contributed by atoms with Crippen molar-refractivity contribution in [1.29, 1.82) is 0 Å². The molecule has 0 saturated carbocycles. The van der Waals surface area contributed by atoms with Crippen molar-refractivity contribution in [1.82, 2.24) is 35.9 Å². The zero-order chi connectivity index (χ0) is 26.7. The highest BCUT2D eigenvalue weighted by Gasteiger charge is 2.30. The van der Waals surface area contributed by atoms with E-state index in [1.807, 2.05) is 0 Å². The molecule has 9 N–H and O–H groups in total. The van der Waals surface area contributed by atoms with Crippen molar-refractivity contribution in [2.24, 2.45) is 5.73 Å². The van der Waals surface area contributed by atoms with E-state index in [0.717, 1.165) is 0 Å². The summed E-state index contributed by atoms with van der Waals surface area (Å²) in [4.78, 5) is 73.8. The third-order valence-corrected chi connectivity index (χ3v) is 5.39. The highest BCUT2D eigenvalue weighted by Crippen LogP contribution is 2.04. The summed E-state index contributed by atoms with van der Waals surface area (Å²) in [5, 5.41) is 25.6. The van der Waals surface area contributed by atoms with Crippen molar-refractivity contribution in [3.8, 4) is 0 Å². The number of aromatic nitrogens is 4. The second kappa shape index (κ2) is 13.8. The van der Waals surface area contributed by atoms with Crippen LogP contribution in [0.5, 0.6) is 0 Å². The number of nitrogens with one attached hydrogen (secondary N) is 5. The standard InChI is InChI=1S/C20H28N8O7S/c21-12(3-10-5-22-8-24-10)17(31)26-13(1-2-16(29)30)18(32)28-15(7-36)19(33)27-14(20(34)35)4-11-6-23-9-25-11/h5-6,8-9,12-15,36H,1-4,7,21H2,(H,22,24)(H,23,25)(H,26,31)(H,27,33)(H,28,32)(H,29,30)(H,34,35). The summed E-state index contributed by atoms with van der Waals surface area (Å²) in [6.07, 6.45) is 4.95. The summed E-state index contributed by atoms with van der Waals surface area (Å²) < 4.78 is 0. The minimum atomic E-state index is -1.32. The Hall–Kier alpha value is -3.92. The molecule has 4 unspecified atom stereocenters. The Kier molecular flexibility index (Phi) is 10.9. The first-order chi connectivity index (χ1) is 17.1. The monoisotopic (exact) mass is 524 g/mol. The Morgan fingerprint density at radius 1 is 0.861 bits per heavy atom. The number of hydrogen-bond acceptors (Lipinski definition) is 9. The summed E-state index contributed by atoms with van der Waals surface area (Å²) in [6.45, 7) is 0. The molecule has 0 aliphatic heterocycles. The maximum Gasteiger partial charge on any atom is 0.326 e. The molecule has 16 heteroatoms. The van der Waals surface area contributed by atoms with Gasteiger partial charge >= 0.3 is 11.9 Å². The topological polar surface area (TPSA) is 245 Å². The van der Waals surface area contributed by atoms with Crippen LogP contribution < -0.4 is 21.7 Å². The van der Waals surface area contributed by atoms with Crippen LogP contribution in [0.4, 0.5) is 0 Å². The molecule has 0 spiro atoms. The van der Waals surface area contributed by atoms with Crippen LogP contribution in [-0.4, -0.2) is 89.7 Å². The molecule has 196 valence electrons. The van der Waals surface area contributed by atoms with Gasteiger partial charge in [-0.15, -0.1) is 0 Å². The minimum Gasteiger partial charge on any atom is -0.481 e. The van der Waals surface area contributed by atoms with Crippen molar-refractivity contribution < 1.29 is 34.2 Å². The zero-order valence-electron chi connectivity index (χ0n) is 19.0. The van der Waals surface area contributed by atoms with Crippen LogP contribution in [0.25, 0.3) is 0 Å². The number of imidazole rings is 2. The number of rotatable bonds is 15. The van der Waals surface area contributed by atoms with Gasteiger partial charge in [-0.3, -0.25) is 19.2 Å². The van der Waals surface area contributed by atoms with Gasteiger partial charge in [0.15, 0.2) is 0 Å². The van der Waals surface area contributed by atoms with Crippen molar-refractivity contribution in [2.75, 3.05) is 5.75 Å². The van der Waals surface area contributed by atoms with Gasteiger partial charge < -0.3 is 41.9 Å². The molecule has 0 aliphatic carbocycles. The number of carboxylic acid groups (broad SMARTS) is 2. The molecule has 4 atom stereocenters. The van der Waals surface area contributed by atoms with E-state index >= 15 is 0 Å². The number of aliphatic carboxylic acids is 2. The van der Waals surface area contributed by atoms with Gasteiger partial charge in [0.05, 0.1) is 18.7 Å². The number of amides is 3. The lowest BCUT2D eigenvalue weighted by Gasteiger charge is -2.24. The van der Waals surface area contributed by atoms with E-state index in [0.29, 0.717) is 11.4 Å². The van der Waals surface area contributed by atoms with Crippen molar-refractivity contribution in [3.63, 3.8) is 0 Å². The number of thiol groups is 1. The lowest BCUT2D eigenvalue weighted by atomic mass is 10.1. The van der Waals surface area contributed by atoms with Crippen LogP contribution in [0.3, 0.4) is 0 Å². The second-order valence-corrected chi connectivity index (χ2v) is 8.17. The number of H-pyrrole nitrogens is 2. The fourth-order valence-corrected chi connectivity index (χ4v) is 3.35. The first-order valence-electron chi connectivity index (χ1n) is 10.8. The van der Waals surface area contributed by atoms with Crippen molar-refractivity contribution in [2.45, 2.75) is 49.9 Å². The zero-order valence-corrected chi connectivity index (χ0v) is 19.9. The van der Waals surface area contributed by atoms with Crippen LogP contribution in [-0.2, 0) is 36.8 Å². The SMILES string of the molecule is NC(Cc1cnc[nH]1)C(=O)NC(CCC(=O)O)C(=O)NC(CS)C(=O)NC(Cc1cnc[nH]1)C(=O)O. The first-order valence-corrected chi connectivity index (χ1v) is 11.4. The summed E-state index contributed by atoms with van der Waals surface area (Å²) in [7, 11) is 0. The Balaban J connectivity index is 2.03. The van der Waals surface area contributed by atoms with E-state index in [9.17, 15) is 29.1 Å². The fourth-order valence-electron chi connectivity index (χ4n) is 3.10. The smallest absolute Gasteiger partial charge is 0.326 e. The van der Waals surface area contributed by atoms with Gasteiger partial charge in [-0.1, -0.05) is 0 Å². The molecule has 15 nitrogen and oxygen atoms in total. The molecule has 36 heavy (non-hydrogen) atoms. The molecule has 2 rings (SSSR count). The molecule has 3 amide bonds. The Labute approximate surface area is 210 Å². The van der Waals surface area contributed by atoms with Crippen LogP contribution in [0.2, 0.25) is 0 Å². The summed E-state index contributed by atoms with van der Waals surface area (Å²) in [5.41, 5.74) is 6.93. The molecular formula is C20H28N8O7S. The highest BCUT2D eigenvalue weighted by atomic mass is 32.1. The summed E-state index contributed by atoms with van der Waals surface area (Å²) in [5.74, 6) is -5.10. The molecule has 0 aliphatic rings. The largest absolute Gasteiger partial charge is 0.481 e. The van der Waals surface area contributed by atoms with E-state index in [1.165, 1.54) is 25.0 Å². The molecule has 2 aromatic rings. The Morgan fingerprint density at radius 3 is 1.89 bits per heavy atom. The minimum absolute atomic E-state index is 0.0835. The van der Waals surface area contributed by atoms with Crippen LogP contribution in [0.1, 0.15) is 24.2 Å². The number of nitrogens with two attached hydrogens (primary N) is 1. The third-order valence-electron chi connectivity index (χ3n) is 5.02. The molecule has 0 radical (unpaired) electrons. The van der Waals surface area contributed by atoms with Gasteiger partial charge in [-0.05, 0) is 6.42 Å². The molecule has 2 heterocycles. The van der Waals surface area contributed by atoms with E-state index in [-0.39, 0.29) is 25.0 Å². The number of aromatic amines is 2. The molecular weight excluding hydrogens is 496 g/mol. The van der Waals surface area contributed by atoms with Crippen molar-refractivity contribution >= 4 is 42.3 Å². The third kappa shape index (κ3) is 9.03. The van der Waals surface area contributed by atoms with E-state index in [2.05, 4.69) is 48.5 Å². The number of carbonyl (C=O) groups excluding carboxylic acids is 3. The van der Waals surface area contributed by atoms with E-state index < -0.39 is 60.2 Å². The molecule has 2 aromatic heterocycles. The van der Waals surface area contributed by atoms with Crippen LogP contribution in [0.15, 0.2) is 25.0 Å². The fraction of sp³-hybridized carbons (Fsp3) is 0.450. The molecule has 0 saturated heterocycles. The first kappa shape index (κ1) is 28.3. The summed E-state index contributed by atoms with van der Waals surface area (Å²) >= 11 is 4.05. The van der Waals surface area contributed by atoms with Gasteiger partial charge in [0.25, 0.3) is 0 Å². The van der Waals surface area contributed by atoms with Gasteiger partial charge in [0, 0.05) is 48.8 Å². The van der Waals surface area contributed by atoms with Gasteiger partial charge in [0.1, 0.15) is 18.1 Å². The van der Waals surface area contributed by atoms with Crippen LogP contribution >= 0.6 is 12.6 Å². The van der Waals surface area contributed by atoms with Gasteiger partial charge in [-0.25, -0.2) is 14.8 Å².